The van der Waals surface area contributed by atoms with E-state index in [1.807, 2.05) is 0 Å². The summed E-state index contributed by atoms with van der Waals surface area (Å²) in [6, 6.07) is 10.8. The molecule has 2 aromatic carbocycles. The van der Waals surface area contributed by atoms with Crippen LogP contribution in [0.5, 0.6) is 5.75 Å². The fraction of sp³-hybridized carbons (Fsp3) is 0.375. The van der Waals surface area contributed by atoms with Gasteiger partial charge in [-0.1, -0.05) is 12.8 Å². The SMILES string of the molecule is CC(=O)c1ccc(NC(=O)CN2C(=O)COc3ccc(S(=O)(=O)N4CCCCCC4)cc32)cc1. The largest absolute Gasteiger partial charge is 0.482 e. The van der Waals surface area contributed by atoms with Gasteiger partial charge in [-0.3, -0.25) is 19.3 Å². The normalized spacial score (nSPS) is 16.9. The van der Waals surface area contributed by atoms with E-state index in [9.17, 15) is 22.8 Å². The number of nitrogens with zero attached hydrogens (tertiary/aromatic N) is 2. The lowest BCUT2D eigenvalue weighted by atomic mass is 10.1. The van der Waals surface area contributed by atoms with Crippen molar-refractivity contribution in [2.24, 2.45) is 0 Å². The molecule has 0 spiro atoms. The molecule has 0 aliphatic carbocycles. The van der Waals surface area contributed by atoms with Crippen molar-refractivity contribution >= 4 is 39.0 Å². The number of benzene rings is 2. The molecule has 2 aromatic rings. The molecule has 0 atom stereocenters. The molecule has 1 fully saturated rings. The van der Waals surface area contributed by atoms with Crippen molar-refractivity contribution in [3.63, 3.8) is 0 Å². The molecule has 0 aromatic heterocycles. The highest BCUT2D eigenvalue weighted by Crippen LogP contribution is 2.35. The first-order valence-corrected chi connectivity index (χ1v) is 12.7. The van der Waals surface area contributed by atoms with Gasteiger partial charge in [-0.25, -0.2) is 8.42 Å². The molecule has 2 heterocycles. The number of rotatable bonds is 6. The number of ketones is 1. The Bertz CT molecular complexity index is 1200. The van der Waals surface area contributed by atoms with Gasteiger partial charge in [0, 0.05) is 24.3 Å². The van der Waals surface area contributed by atoms with E-state index < -0.39 is 21.8 Å². The molecule has 2 aliphatic rings. The van der Waals surface area contributed by atoms with Crippen molar-refractivity contribution in [3.05, 3.63) is 48.0 Å². The zero-order valence-electron chi connectivity index (χ0n) is 19.0. The molecule has 2 amide bonds. The minimum atomic E-state index is -3.74. The Labute approximate surface area is 198 Å². The average Bonchev–Trinajstić information content (AvgIpc) is 3.11. The Hall–Kier alpha value is -3.24. The van der Waals surface area contributed by atoms with E-state index in [0.717, 1.165) is 25.7 Å². The van der Waals surface area contributed by atoms with Crippen molar-refractivity contribution in [2.75, 3.05) is 36.5 Å². The third-order valence-corrected chi connectivity index (χ3v) is 7.85. The molecule has 4 rings (SSSR count). The van der Waals surface area contributed by atoms with Crippen LogP contribution in [0.3, 0.4) is 0 Å². The number of fused-ring (bicyclic) bond motifs is 1. The van der Waals surface area contributed by atoms with Crippen molar-refractivity contribution in [2.45, 2.75) is 37.5 Å². The molecule has 0 radical (unpaired) electrons. The van der Waals surface area contributed by atoms with E-state index in [1.165, 1.54) is 34.3 Å². The van der Waals surface area contributed by atoms with E-state index in [0.29, 0.717) is 30.1 Å². The van der Waals surface area contributed by atoms with Gasteiger partial charge in [0.15, 0.2) is 12.4 Å². The first kappa shape index (κ1) is 23.9. The van der Waals surface area contributed by atoms with Gasteiger partial charge in [-0.05, 0) is 62.2 Å². The first-order valence-electron chi connectivity index (χ1n) is 11.2. The number of ether oxygens (including phenoxy) is 1. The summed E-state index contributed by atoms with van der Waals surface area (Å²) in [5.41, 5.74) is 1.25. The van der Waals surface area contributed by atoms with Crippen molar-refractivity contribution in [1.29, 1.82) is 0 Å². The maximum absolute atomic E-state index is 13.2. The Morgan fingerprint density at radius 2 is 1.68 bits per heavy atom. The highest BCUT2D eigenvalue weighted by atomic mass is 32.2. The highest BCUT2D eigenvalue weighted by molar-refractivity contribution is 7.89. The van der Waals surface area contributed by atoms with Gasteiger partial charge in [-0.15, -0.1) is 0 Å². The van der Waals surface area contributed by atoms with Crippen LogP contribution in [0, 0.1) is 0 Å². The molecule has 0 bridgehead atoms. The summed E-state index contributed by atoms with van der Waals surface area (Å²) >= 11 is 0. The second-order valence-corrected chi connectivity index (χ2v) is 10.3. The summed E-state index contributed by atoms with van der Waals surface area (Å²) in [6.07, 6.45) is 3.62. The molecule has 0 unspecified atom stereocenters. The molecule has 34 heavy (non-hydrogen) atoms. The van der Waals surface area contributed by atoms with Crippen LogP contribution in [0.1, 0.15) is 43.0 Å². The van der Waals surface area contributed by atoms with Crippen LogP contribution in [-0.2, 0) is 19.6 Å². The minimum absolute atomic E-state index is 0.0664. The second kappa shape index (κ2) is 9.94. The number of hydrogen-bond donors (Lipinski definition) is 1. The van der Waals surface area contributed by atoms with E-state index in [4.69, 9.17) is 4.74 Å². The highest BCUT2D eigenvalue weighted by Gasteiger charge is 2.31. The lowest BCUT2D eigenvalue weighted by molar-refractivity contribution is -0.123. The van der Waals surface area contributed by atoms with Crippen LogP contribution < -0.4 is 15.0 Å². The standard InChI is InChI=1S/C24H27N3O6S/c1-17(28)18-6-8-19(9-7-18)25-23(29)15-27-21-14-20(10-11-22(21)33-16-24(27)30)34(31,32)26-12-4-2-3-5-13-26/h6-11,14H,2-5,12-13,15-16H2,1H3,(H,25,29). The number of carbonyl (C=O) groups is 3. The lowest BCUT2D eigenvalue weighted by Crippen LogP contribution is -2.43. The van der Waals surface area contributed by atoms with Crippen LogP contribution in [0.15, 0.2) is 47.4 Å². The Balaban J connectivity index is 1.55. The molecule has 1 N–H and O–H groups in total. The maximum Gasteiger partial charge on any atom is 0.265 e. The summed E-state index contributed by atoms with van der Waals surface area (Å²) in [5.74, 6) is -0.649. The molecular formula is C24H27N3O6S. The predicted octanol–water partition coefficient (Wildman–Crippen LogP) is 2.82. The Morgan fingerprint density at radius 1 is 1.00 bits per heavy atom. The molecule has 10 heteroatoms. The van der Waals surface area contributed by atoms with Gasteiger partial charge in [0.25, 0.3) is 5.91 Å². The van der Waals surface area contributed by atoms with Gasteiger partial charge in [-0.2, -0.15) is 4.31 Å². The summed E-state index contributed by atoms with van der Waals surface area (Å²) in [7, 11) is -3.74. The first-order chi connectivity index (χ1) is 16.3. The second-order valence-electron chi connectivity index (χ2n) is 8.40. The smallest absolute Gasteiger partial charge is 0.265 e. The minimum Gasteiger partial charge on any atom is -0.482 e. The van der Waals surface area contributed by atoms with Gasteiger partial charge in [0.2, 0.25) is 15.9 Å². The summed E-state index contributed by atoms with van der Waals surface area (Å²) in [6.45, 7) is 1.83. The maximum atomic E-state index is 13.2. The molecule has 180 valence electrons. The molecule has 2 aliphatic heterocycles. The number of amides is 2. The van der Waals surface area contributed by atoms with E-state index in [1.54, 1.807) is 24.3 Å². The predicted molar refractivity (Wildman–Crippen MR) is 127 cm³/mol. The average molecular weight is 486 g/mol. The summed E-state index contributed by atoms with van der Waals surface area (Å²) in [4.78, 5) is 38.0. The van der Waals surface area contributed by atoms with Gasteiger partial charge in [0.1, 0.15) is 12.3 Å². The monoisotopic (exact) mass is 485 g/mol. The third kappa shape index (κ3) is 5.13. The van der Waals surface area contributed by atoms with E-state index in [2.05, 4.69) is 5.32 Å². The van der Waals surface area contributed by atoms with Crippen LogP contribution in [0.2, 0.25) is 0 Å². The number of anilines is 2. The number of Topliss-reactive ketones (excluding diaryl/α,β-unsaturated/α-hetero) is 1. The third-order valence-electron chi connectivity index (χ3n) is 5.95. The van der Waals surface area contributed by atoms with Crippen LogP contribution in [-0.4, -0.2) is 56.6 Å². The van der Waals surface area contributed by atoms with Crippen LogP contribution in [0.25, 0.3) is 0 Å². The zero-order chi connectivity index (χ0) is 24.3. The fourth-order valence-corrected chi connectivity index (χ4v) is 5.62. The number of hydrogen-bond acceptors (Lipinski definition) is 6. The van der Waals surface area contributed by atoms with Crippen LogP contribution in [0.4, 0.5) is 11.4 Å². The molecular weight excluding hydrogens is 458 g/mol. The molecule has 9 nitrogen and oxygen atoms in total. The summed E-state index contributed by atoms with van der Waals surface area (Å²) < 4.78 is 33.4. The Morgan fingerprint density at radius 3 is 2.32 bits per heavy atom. The van der Waals surface area contributed by atoms with Gasteiger partial charge in [0.05, 0.1) is 10.6 Å². The van der Waals surface area contributed by atoms with Crippen molar-refractivity contribution in [3.8, 4) is 5.75 Å². The number of sulfonamides is 1. The quantitative estimate of drug-likeness (QED) is 0.630. The van der Waals surface area contributed by atoms with E-state index in [-0.39, 0.29) is 29.5 Å². The van der Waals surface area contributed by atoms with Crippen molar-refractivity contribution < 1.29 is 27.5 Å². The zero-order valence-corrected chi connectivity index (χ0v) is 19.8. The Kier molecular flexibility index (Phi) is 6.99. The molecule has 0 saturated carbocycles. The van der Waals surface area contributed by atoms with Crippen molar-refractivity contribution in [1.82, 2.24) is 4.31 Å². The molecule has 1 saturated heterocycles. The topological polar surface area (TPSA) is 113 Å². The fourth-order valence-electron chi connectivity index (χ4n) is 4.08. The van der Waals surface area contributed by atoms with E-state index >= 15 is 0 Å². The summed E-state index contributed by atoms with van der Waals surface area (Å²) in [5, 5.41) is 2.70. The van der Waals surface area contributed by atoms with Gasteiger partial charge >= 0.3 is 0 Å². The number of nitrogens with one attached hydrogen (secondary N) is 1. The number of carbonyl (C=O) groups excluding carboxylic acids is 3. The van der Waals surface area contributed by atoms with Crippen LogP contribution >= 0.6 is 0 Å². The lowest BCUT2D eigenvalue weighted by Gasteiger charge is -2.30. The van der Waals surface area contributed by atoms with Gasteiger partial charge < -0.3 is 10.1 Å².